The zero-order valence-corrected chi connectivity index (χ0v) is 18.6. The summed E-state index contributed by atoms with van der Waals surface area (Å²) in [5.74, 6) is 0.00478. The summed E-state index contributed by atoms with van der Waals surface area (Å²) in [6, 6.07) is 2.89. The molecule has 0 aliphatic rings. The number of aromatic nitrogens is 2. The minimum Gasteiger partial charge on any atom is -0.477 e. The summed E-state index contributed by atoms with van der Waals surface area (Å²) >= 11 is 12.4. The van der Waals surface area contributed by atoms with E-state index in [1.807, 2.05) is 0 Å². The molecule has 11 heteroatoms. The van der Waals surface area contributed by atoms with Gasteiger partial charge < -0.3 is 19.0 Å². The number of oxime groups is 1. The molecule has 2 aromatic rings. The number of carbonyl (C=O) groups is 2. The van der Waals surface area contributed by atoms with Crippen LogP contribution in [0.5, 0.6) is 17.4 Å². The molecule has 0 aliphatic carbocycles. The number of ketones is 1. The Morgan fingerprint density at radius 3 is 2.57 bits per heavy atom. The second kappa shape index (κ2) is 10.3. The van der Waals surface area contributed by atoms with Crippen LogP contribution < -0.4 is 9.47 Å². The standard InChI is InChI=1S/C19H21Cl2N3O6/c1-10(25)9-28-22-8-13-11(2)23-24(4)18(13)30-17-7-16(14(20)6-15(17)21)29-12(3)19(26)27-5/h6-8,12H,9H2,1-5H3/t12-/m0/s1. The van der Waals surface area contributed by atoms with Crippen LogP contribution in [0.25, 0.3) is 0 Å². The van der Waals surface area contributed by atoms with Crippen molar-refractivity contribution in [2.45, 2.75) is 26.9 Å². The Labute approximate surface area is 183 Å². The van der Waals surface area contributed by atoms with Crippen molar-refractivity contribution < 1.29 is 28.6 Å². The quantitative estimate of drug-likeness (QED) is 0.321. The molecule has 0 radical (unpaired) electrons. The SMILES string of the molecule is COC(=O)[C@H](C)Oc1cc(Oc2c(C=NOCC(C)=O)c(C)nn2C)c(Cl)cc1Cl. The van der Waals surface area contributed by atoms with Crippen molar-refractivity contribution in [3.05, 3.63) is 33.4 Å². The van der Waals surface area contributed by atoms with E-state index < -0.39 is 12.1 Å². The maximum Gasteiger partial charge on any atom is 0.346 e. The van der Waals surface area contributed by atoms with Crippen molar-refractivity contribution in [3.8, 4) is 17.4 Å². The van der Waals surface area contributed by atoms with Gasteiger partial charge in [-0.25, -0.2) is 9.48 Å². The van der Waals surface area contributed by atoms with Crippen LogP contribution in [0.4, 0.5) is 0 Å². The molecule has 30 heavy (non-hydrogen) atoms. The van der Waals surface area contributed by atoms with Gasteiger partial charge >= 0.3 is 5.97 Å². The van der Waals surface area contributed by atoms with Crippen LogP contribution in [0, 0.1) is 6.92 Å². The lowest BCUT2D eigenvalue weighted by Gasteiger charge is -2.16. The predicted octanol–water partition coefficient (Wildman–Crippen LogP) is 3.71. The maximum atomic E-state index is 11.6. The van der Waals surface area contributed by atoms with Crippen LogP contribution in [0.15, 0.2) is 17.3 Å². The number of Topliss-reactive ketones (excluding diaryl/α,β-unsaturated/α-hetero) is 1. The predicted molar refractivity (Wildman–Crippen MR) is 111 cm³/mol. The topological polar surface area (TPSA) is 101 Å². The van der Waals surface area contributed by atoms with Crippen LogP contribution in [0.2, 0.25) is 10.0 Å². The third kappa shape index (κ3) is 5.87. The van der Waals surface area contributed by atoms with Gasteiger partial charge in [-0.3, -0.25) is 4.79 Å². The molecule has 0 bridgehead atoms. The minimum absolute atomic E-state index is 0.145. The van der Waals surface area contributed by atoms with Crippen LogP contribution in [0.3, 0.4) is 0 Å². The minimum atomic E-state index is -0.887. The van der Waals surface area contributed by atoms with Gasteiger partial charge in [-0.15, -0.1) is 0 Å². The Hall–Kier alpha value is -2.78. The Balaban J connectivity index is 2.32. The van der Waals surface area contributed by atoms with Crippen molar-refractivity contribution in [3.63, 3.8) is 0 Å². The number of nitrogens with zero attached hydrogens (tertiary/aromatic N) is 3. The molecule has 0 unspecified atom stereocenters. The normalized spacial score (nSPS) is 12.0. The lowest BCUT2D eigenvalue weighted by molar-refractivity contribution is -0.147. The molecule has 9 nitrogen and oxygen atoms in total. The van der Waals surface area contributed by atoms with Crippen molar-refractivity contribution in [2.75, 3.05) is 13.7 Å². The highest BCUT2D eigenvalue weighted by atomic mass is 35.5. The van der Waals surface area contributed by atoms with Crippen LogP contribution in [-0.4, -0.2) is 47.6 Å². The van der Waals surface area contributed by atoms with E-state index in [1.54, 1.807) is 14.0 Å². The van der Waals surface area contributed by atoms with Crippen molar-refractivity contribution >= 4 is 41.2 Å². The molecular weight excluding hydrogens is 437 g/mol. The summed E-state index contributed by atoms with van der Waals surface area (Å²) in [4.78, 5) is 27.5. The van der Waals surface area contributed by atoms with E-state index in [4.69, 9.17) is 37.5 Å². The number of rotatable bonds is 9. The van der Waals surface area contributed by atoms with E-state index in [2.05, 4.69) is 15.0 Å². The number of carbonyl (C=O) groups excluding carboxylic acids is 2. The summed E-state index contributed by atoms with van der Waals surface area (Å²) in [6.45, 7) is 4.53. The Kier molecular flexibility index (Phi) is 8.08. The van der Waals surface area contributed by atoms with Gasteiger partial charge in [0.2, 0.25) is 5.88 Å². The second-order valence-electron chi connectivity index (χ2n) is 6.24. The van der Waals surface area contributed by atoms with Gasteiger partial charge in [-0.2, -0.15) is 5.10 Å². The van der Waals surface area contributed by atoms with Gasteiger partial charge in [0.05, 0.1) is 34.6 Å². The molecule has 0 N–H and O–H groups in total. The van der Waals surface area contributed by atoms with E-state index in [0.717, 1.165) is 0 Å². The zero-order valence-electron chi connectivity index (χ0n) is 17.1. The van der Waals surface area contributed by atoms with Gasteiger partial charge in [-0.1, -0.05) is 28.4 Å². The number of hydrogen-bond acceptors (Lipinski definition) is 8. The van der Waals surface area contributed by atoms with E-state index >= 15 is 0 Å². The smallest absolute Gasteiger partial charge is 0.346 e. The summed E-state index contributed by atoms with van der Waals surface area (Å²) in [6.07, 6.45) is 0.503. The molecule has 1 heterocycles. The average molecular weight is 458 g/mol. The molecule has 1 atom stereocenters. The molecule has 162 valence electrons. The lowest BCUT2D eigenvalue weighted by atomic mass is 10.2. The van der Waals surface area contributed by atoms with E-state index in [1.165, 1.54) is 44.0 Å². The maximum absolute atomic E-state index is 11.6. The number of aryl methyl sites for hydroxylation is 2. The lowest BCUT2D eigenvalue weighted by Crippen LogP contribution is -2.25. The van der Waals surface area contributed by atoms with Gasteiger partial charge in [0, 0.05) is 13.1 Å². The summed E-state index contributed by atoms with van der Waals surface area (Å²) < 4.78 is 17.6. The van der Waals surface area contributed by atoms with Crippen LogP contribution in [0.1, 0.15) is 25.1 Å². The van der Waals surface area contributed by atoms with Crippen LogP contribution >= 0.6 is 23.2 Å². The van der Waals surface area contributed by atoms with Crippen molar-refractivity contribution in [1.29, 1.82) is 0 Å². The first-order chi connectivity index (χ1) is 14.1. The molecule has 0 saturated carbocycles. The molecule has 0 spiro atoms. The number of halogens is 2. The molecule has 0 aliphatic heterocycles. The fourth-order valence-electron chi connectivity index (χ4n) is 2.33. The number of methoxy groups -OCH3 is 1. The Morgan fingerprint density at radius 2 is 1.93 bits per heavy atom. The van der Waals surface area contributed by atoms with E-state index in [9.17, 15) is 9.59 Å². The third-order valence-electron chi connectivity index (χ3n) is 3.77. The molecule has 0 saturated heterocycles. The molecule has 0 fully saturated rings. The highest BCUT2D eigenvalue weighted by molar-refractivity contribution is 6.36. The first-order valence-electron chi connectivity index (χ1n) is 8.73. The molecule has 0 amide bonds. The van der Waals surface area contributed by atoms with E-state index in [-0.39, 0.29) is 33.9 Å². The van der Waals surface area contributed by atoms with Crippen molar-refractivity contribution in [2.24, 2.45) is 12.2 Å². The van der Waals surface area contributed by atoms with Gasteiger partial charge in [0.1, 0.15) is 5.75 Å². The first-order valence-corrected chi connectivity index (χ1v) is 9.49. The number of ether oxygens (including phenoxy) is 3. The second-order valence-corrected chi connectivity index (χ2v) is 7.05. The first kappa shape index (κ1) is 23.5. The van der Waals surface area contributed by atoms with Gasteiger partial charge in [0.25, 0.3) is 0 Å². The zero-order chi connectivity index (χ0) is 22.4. The number of hydrogen-bond donors (Lipinski definition) is 0. The molecular formula is C19H21Cl2N3O6. The summed E-state index contributed by atoms with van der Waals surface area (Å²) in [5.41, 5.74) is 1.14. The van der Waals surface area contributed by atoms with E-state index in [0.29, 0.717) is 17.1 Å². The molecule has 2 rings (SSSR count). The highest BCUT2D eigenvalue weighted by Gasteiger charge is 2.20. The Morgan fingerprint density at radius 1 is 1.27 bits per heavy atom. The number of esters is 1. The summed E-state index contributed by atoms with van der Waals surface area (Å²) in [5, 5.41) is 8.47. The number of benzene rings is 1. The van der Waals surface area contributed by atoms with Crippen LogP contribution in [-0.2, 0) is 26.2 Å². The monoisotopic (exact) mass is 457 g/mol. The Bertz CT molecular complexity index is 974. The molecule has 1 aromatic heterocycles. The largest absolute Gasteiger partial charge is 0.477 e. The molecule has 1 aromatic carbocycles. The van der Waals surface area contributed by atoms with Crippen molar-refractivity contribution in [1.82, 2.24) is 9.78 Å². The average Bonchev–Trinajstić information content (AvgIpc) is 2.94. The third-order valence-corrected chi connectivity index (χ3v) is 4.36. The fourth-order valence-corrected chi connectivity index (χ4v) is 2.80. The van der Waals surface area contributed by atoms with Gasteiger partial charge in [0.15, 0.2) is 24.2 Å². The highest BCUT2D eigenvalue weighted by Crippen LogP contribution is 2.39. The summed E-state index contributed by atoms with van der Waals surface area (Å²) in [7, 11) is 2.94. The van der Waals surface area contributed by atoms with Gasteiger partial charge in [-0.05, 0) is 26.8 Å². The fraction of sp³-hybridized carbons (Fsp3) is 0.368.